The van der Waals surface area contributed by atoms with Gasteiger partial charge < -0.3 is 4.90 Å². The summed E-state index contributed by atoms with van der Waals surface area (Å²) >= 11 is 1.38. The van der Waals surface area contributed by atoms with Crippen LogP contribution in [0.3, 0.4) is 0 Å². The number of carbonyl (C=O) groups is 1. The van der Waals surface area contributed by atoms with Crippen molar-refractivity contribution in [2.75, 3.05) is 24.6 Å². The summed E-state index contributed by atoms with van der Waals surface area (Å²) in [7, 11) is 0. The molecule has 2 aromatic heterocycles. The van der Waals surface area contributed by atoms with Crippen molar-refractivity contribution in [3.63, 3.8) is 0 Å². The van der Waals surface area contributed by atoms with E-state index in [-0.39, 0.29) is 17.9 Å². The highest BCUT2D eigenvalue weighted by Gasteiger charge is 2.37. The standard InChI is InChI=1S/C18H18FN5O2S/c19-14-9-21-18(22-10-14)23-4-1-12(2-5-23)17(25)24-16(3-6-26-24)13-7-15(8-20)27-11-13/h7,9-12,16H,1-6H2/t16-/m0/s1. The van der Waals surface area contributed by atoms with Gasteiger partial charge >= 0.3 is 0 Å². The summed E-state index contributed by atoms with van der Waals surface area (Å²) in [6.45, 7) is 1.77. The van der Waals surface area contributed by atoms with Crippen molar-refractivity contribution in [3.8, 4) is 6.07 Å². The molecule has 0 spiro atoms. The summed E-state index contributed by atoms with van der Waals surface area (Å²) in [5, 5.41) is 12.4. The van der Waals surface area contributed by atoms with Crippen LogP contribution in [0.15, 0.2) is 23.8 Å². The Bertz CT molecular complexity index is 857. The molecular weight excluding hydrogens is 369 g/mol. The van der Waals surface area contributed by atoms with Crippen molar-refractivity contribution >= 4 is 23.2 Å². The average molecular weight is 387 g/mol. The first-order valence-corrected chi connectivity index (χ1v) is 9.70. The first-order valence-electron chi connectivity index (χ1n) is 8.82. The molecule has 2 saturated heterocycles. The Labute approximate surface area is 160 Å². The minimum absolute atomic E-state index is 0.0121. The van der Waals surface area contributed by atoms with Crippen molar-refractivity contribution < 1.29 is 14.0 Å². The number of nitrogens with zero attached hydrogens (tertiary/aromatic N) is 5. The van der Waals surface area contributed by atoms with Crippen molar-refractivity contribution in [2.45, 2.75) is 25.3 Å². The lowest BCUT2D eigenvalue weighted by atomic mass is 9.95. The minimum Gasteiger partial charge on any atom is -0.341 e. The number of aromatic nitrogens is 2. The molecule has 1 amide bonds. The van der Waals surface area contributed by atoms with Crippen LogP contribution in [0.1, 0.15) is 35.7 Å². The molecule has 27 heavy (non-hydrogen) atoms. The Morgan fingerprint density at radius 1 is 1.30 bits per heavy atom. The van der Waals surface area contributed by atoms with E-state index in [0.717, 1.165) is 24.4 Å². The number of hydrogen-bond donors (Lipinski definition) is 0. The molecule has 4 rings (SSSR count). The molecule has 140 valence electrons. The third kappa shape index (κ3) is 3.63. The van der Waals surface area contributed by atoms with Crippen molar-refractivity contribution in [1.29, 1.82) is 5.26 Å². The fourth-order valence-corrected chi connectivity index (χ4v) is 4.29. The highest BCUT2D eigenvalue weighted by molar-refractivity contribution is 7.10. The molecule has 0 saturated carbocycles. The fraction of sp³-hybridized carbons (Fsp3) is 0.444. The number of anilines is 1. The van der Waals surface area contributed by atoms with Gasteiger partial charge in [0, 0.05) is 25.4 Å². The summed E-state index contributed by atoms with van der Waals surface area (Å²) in [6, 6.07) is 3.84. The second-order valence-corrected chi connectivity index (χ2v) is 7.53. The topological polar surface area (TPSA) is 82.4 Å². The number of hydroxylamine groups is 2. The van der Waals surface area contributed by atoms with E-state index < -0.39 is 5.82 Å². The van der Waals surface area contributed by atoms with E-state index in [1.807, 2.05) is 16.3 Å². The third-order valence-corrected chi connectivity index (χ3v) is 5.82. The second-order valence-electron chi connectivity index (χ2n) is 6.62. The maximum atomic E-state index is 13.0. The predicted octanol–water partition coefficient (Wildman–Crippen LogP) is 2.67. The van der Waals surface area contributed by atoms with Crippen LogP contribution in [0.4, 0.5) is 10.3 Å². The number of piperidine rings is 1. The van der Waals surface area contributed by atoms with Gasteiger partial charge in [-0.05, 0) is 29.9 Å². The van der Waals surface area contributed by atoms with E-state index in [1.165, 1.54) is 16.4 Å². The SMILES string of the molecule is N#Cc1cc([C@@H]2CCON2C(=O)C2CCN(c3ncc(F)cn3)CC2)cs1. The van der Waals surface area contributed by atoms with E-state index >= 15 is 0 Å². The highest BCUT2D eigenvalue weighted by Crippen LogP contribution is 2.35. The van der Waals surface area contributed by atoms with E-state index in [2.05, 4.69) is 16.0 Å². The van der Waals surface area contributed by atoms with Gasteiger partial charge in [0.1, 0.15) is 10.9 Å². The highest BCUT2D eigenvalue weighted by atomic mass is 32.1. The lowest BCUT2D eigenvalue weighted by molar-refractivity contribution is -0.182. The number of carbonyl (C=O) groups excluding carboxylic acids is 1. The summed E-state index contributed by atoms with van der Waals surface area (Å²) in [6.07, 6.45) is 4.37. The van der Waals surface area contributed by atoms with Crippen molar-refractivity contribution in [2.24, 2.45) is 5.92 Å². The van der Waals surface area contributed by atoms with Gasteiger partial charge in [0.15, 0.2) is 5.82 Å². The largest absolute Gasteiger partial charge is 0.341 e. The first-order chi connectivity index (χ1) is 13.2. The molecule has 9 heteroatoms. The second kappa shape index (κ2) is 7.58. The van der Waals surface area contributed by atoms with Crippen LogP contribution in [0.25, 0.3) is 0 Å². The lowest BCUT2D eigenvalue weighted by Gasteiger charge is -2.33. The summed E-state index contributed by atoms with van der Waals surface area (Å²) < 4.78 is 13.0. The van der Waals surface area contributed by atoms with Crippen LogP contribution < -0.4 is 4.90 Å². The number of rotatable bonds is 3. The number of hydrogen-bond acceptors (Lipinski definition) is 7. The molecule has 0 unspecified atom stereocenters. The lowest BCUT2D eigenvalue weighted by Crippen LogP contribution is -2.42. The van der Waals surface area contributed by atoms with Crippen molar-refractivity contribution in [1.82, 2.24) is 15.0 Å². The smallest absolute Gasteiger partial charge is 0.249 e. The number of nitriles is 1. The van der Waals surface area contributed by atoms with Crippen LogP contribution in [-0.2, 0) is 9.63 Å². The normalized spacial score (nSPS) is 20.7. The molecule has 0 aromatic carbocycles. The molecule has 2 fully saturated rings. The molecule has 1 atom stereocenters. The zero-order valence-corrected chi connectivity index (χ0v) is 15.4. The molecule has 0 N–H and O–H groups in total. The Morgan fingerprint density at radius 3 is 2.70 bits per heavy atom. The zero-order chi connectivity index (χ0) is 18.8. The van der Waals surface area contributed by atoms with Crippen LogP contribution in [0.5, 0.6) is 0 Å². The fourth-order valence-electron chi connectivity index (χ4n) is 3.55. The van der Waals surface area contributed by atoms with Gasteiger partial charge in [0.05, 0.1) is 25.0 Å². The van der Waals surface area contributed by atoms with Crippen LogP contribution >= 0.6 is 11.3 Å². The van der Waals surface area contributed by atoms with E-state index in [1.54, 1.807) is 0 Å². The predicted molar refractivity (Wildman–Crippen MR) is 96.1 cm³/mol. The monoisotopic (exact) mass is 387 g/mol. The van der Waals surface area contributed by atoms with Crippen LogP contribution in [0, 0.1) is 23.1 Å². The van der Waals surface area contributed by atoms with Gasteiger partial charge in [-0.25, -0.2) is 19.4 Å². The van der Waals surface area contributed by atoms with E-state index in [9.17, 15) is 9.18 Å². The molecule has 0 aliphatic carbocycles. The number of amides is 1. The Kier molecular flexibility index (Phi) is 5.01. The van der Waals surface area contributed by atoms with Gasteiger partial charge in [0.2, 0.25) is 11.9 Å². The van der Waals surface area contributed by atoms with Gasteiger partial charge in [-0.3, -0.25) is 9.63 Å². The molecular formula is C18H18FN5O2S. The van der Waals surface area contributed by atoms with Crippen molar-refractivity contribution in [3.05, 3.63) is 40.1 Å². The van der Waals surface area contributed by atoms with Gasteiger partial charge in [-0.1, -0.05) is 0 Å². The number of halogens is 1. The van der Waals surface area contributed by atoms with Crippen LogP contribution in [-0.4, -0.2) is 40.6 Å². The molecule has 2 aliphatic heterocycles. The van der Waals surface area contributed by atoms with Gasteiger partial charge in [-0.2, -0.15) is 5.26 Å². The average Bonchev–Trinajstić information content (AvgIpc) is 3.37. The Morgan fingerprint density at radius 2 is 2.04 bits per heavy atom. The quantitative estimate of drug-likeness (QED) is 0.805. The van der Waals surface area contributed by atoms with E-state index in [4.69, 9.17) is 10.1 Å². The molecule has 0 radical (unpaired) electrons. The maximum absolute atomic E-state index is 13.0. The first kappa shape index (κ1) is 17.8. The van der Waals surface area contributed by atoms with Crippen LogP contribution in [0.2, 0.25) is 0 Å². The molecule has 0 bridgehead atoms. The van der Waals surface area contributed by atoms with E-state index in [0.29, 0.717) is 43.4 Å². The molecule has 2 aliphatic rings. The van der Waals surface area contributed by atoms with Gasteiger partial charge in [-0.15, -0.1) is 11.3 Å². The zero-order valence-electron chi connectivity index (χ0n) is 14.5. The Balaban J connectivity index is 1.40. The minimum atomic E-state index is -0.464. The number of thiophene rings is 1. The molecule has 7 nitrogen and oxygen atoms in total. The molecule has 4 heterocycles. The third-order valence-electron chi connectivity index (χ3n) is 4.97. The molecule has 2 aromatic rings. The summed E-state index contributed by atoms with van der Waals surface area (Å²) in [5.74, 6) is -0.118. The van der Waals surface area contributed by atoms with Gasteiger partial charge in [0.25, 0.3) is 0 Å². The maximum Gasteiger partial charge on any atom is 0.249 e. The Hall–Kier alpha value is -2.57. The summed E-state index contributed by atoms with van der Waals surface area (Å²) in [5.41, 5.74) is 0.958. The summed E-state index contributed by atoms with van der Waals surface area (Å²) in [4.78, 5) is 29.2.